The third-order valence-corrected chi connectivity index (χ3v) is 3.35. The van der Waals surface area contributed by atoms with Crippen molar-refractivity contribution in [3.8, 4) is 0 Å². The van der Waals surface area contributed by atoms with Gasteiger partial charge in [0.25, 0.3) is 0 Å². The van der Waals surface area contributed by atoms with Crippen molar-refractivity contribution in [2.45, 2.75) is 31.6 Å². The summed E-state index contributed by atoms with van der Waals surface area (Å²) >= 11 is 6.00. The van der Waals surface area contributed by atoms with E-state index < -0.39 is 5.82 Å². The van der Waals surface area contributed by atoms with Gasteiger partial charge in [-0.25, -0.2) is 9.18 Å². The molecule has 1 aromatic rings. The summed E-state index contributed by atoms with van der Waals surface area (Å²) in [5.41, 5.74) is 0.927. The average molecular weight is 240 g/mol. The number of rotatable bonds is 2. The standard InChI is InChI=1S/C12H11ClFNO/c13-10-6-11(14)12(15-7-16)5-9(10)8-3-1-2-4-8/h5-6,8H,1-4H2. The monoisotopic (exact) mass is 239 g/mol. The van der Waals surface area contributed by atoms with E-state index in [1.165, 1.54) is 25.0 Å². The van der Waals surface area contributed by atoms with Gasteiger partial charge in [0, 0.05) is 5.02 Å². The third-order valence-electron chi connectivity index (χ3n) is 3.03. The van der Waals surface area contributed by atoms with Crippen LogP contribution in [0.15, 0.2) is 17.1 Å². The van der Waals surface area contributed by atoms with Crippen molar-refractivity contribution in [2.75, 3.05) is 0 Å². The maximum Gasteiger partial charge on any atom is 0.240 e. The Hall–Kier alpha value is -1.18. The van der Waals surface area contributed by atoms with Crippen LogP contribution in [0, 0.1) is 5.82 Å². The van der Waals surface area contributed by atoms with Crippen LogP contribution < -0.4 is 0 Å². The van der Waals surface area contributed by atoms with Gasteiger partial charge in [-0.3, -0.25) is 0 Å². The molecule has 0 heterocycles. The maximum atomic E-state index is 13.3. The molecule has 1 saturated carbocycles. The molecule has 0 aromatic heterocycles. The molecular weight excluding hydrogens is 229 g/mol. The number of nitrogens with zero attached hydrogens (tertiary/aromatic N) is 1. The lowest BCUT2D eigenvalue weighted by atomic mass is 9.97. The number of hydrogen-bond acceptors (Lipinski definition) is 2. The molecule has 0 aliphatic heterocycles. The molecule has 0 saturated heterocycles. The van der Waals surface area contributed by atoms with Crippen molar-refractivity contribution in [1.82, 2.24) is 0 Å². The summed E-state index contributed by atoms with van der Waals surface area (Å²) < 4.78 is 13.3. The molecule has 2 rings (SSSR count). The minimum absolute atomic E-state index is 0.0290. The van der Waals surface area contributed by atoms with Crippen LogP contribution in [-0.4, -0.2) is 6.08 Å². The first-order valence-electron chi connectivity index (χ1n) is 5.29. The Labute approximate surface area is 98.1 Å². The van der Waals surface area contributed by atoms with Crippen molar-refractivity contribution in [3.63, 3.8) is 0 Å². The maximum absolute atomic E-state index is 13.3. The van der Waals surface area contributed by atoms with E-state index in [9.17, 15) is 9.18 Å². The largest absolute Gasteiger partial charge is 0.240 e. The molecule has 2 nitrogen and oxygen atoms in total. The summed E-state index contributed by atoms with van der Waals surface area (Å²) in [5.74, 6) is -0.205. The molecule has 0 amide bonds. The van der Waals surface area contributed by atoms with E-state index in [0.29, 0.717) is 10.9 Å². The SMILES string of the molecule is O=C=Nc1cc(C2CCCC2)c(Cl)cc1F. The highest BCUT2D eigenvalue weighted by Gasteiger charge is 2.21. The lowest BCUT2D eigenvalue weighted by Gasteiger charge is -2.12. The zero-order valence-corrected chi connectivity index (χ0v) is 9.43. The molecular formula is C12H11ClFNO. The van der Waals surface area contributed by atoms with Crippen molar-refractivity contribution >= 4 is 23.4 Å². The van der Waals surface area contributed by atoms with Crippen LogP contribution >= 0.6 is 11.6 Å². The second-order valence-electron chi connectivity index (χ2n) is 4.01. The summed E-state index contributed by atoms with van der Waals surface area (Å²) in [5, 5.41) is 0.425. The van der Waals surface area contributed by atoms with Gasteiger partial charge < -0.3 is 0 Å². The normalized spacial score (nSPS) is 16.1. The molecule has 1 aliphatic rings. The van der Waals surface area contributed by atoms with Crippen LogP contribution in [0.1, 0.15) is 37.2 Å². The topological polar surface area (TPSA) is 29.4 Å². The highest BCUT2D eigenvalue weighted by molar-refractivity contribution is 6.31. The number of aliphatic imine (C=N–C) groups is 1. The Bertz CT molecular complexity index is 449. The molecule has 1 aliphatic carbocycles. The van der Waals surface area contributed by atoms with Gasteiger partial charge in [0.2, 0.25) is 6.08 Å². The van der Waals surface area contributed by atoms with Crippen molar-refractivity contribution < 1.29 is 9.18 Å². The number of carbonyl (C=O) groups excluding carboxylic acids is 1. The second kappa shape index (κ2) is 4.77. The zero-order chi connectivity index (χ0) is 11.5. The van der Waals surface area contributed by atoms with E-state index in [4.69, 9.17) is 11.6 Å². The van der Waals surface area contributed by atoms with Gasteiger partial charge in [0.1, 0.15) is 5.69 Å². The molecule has 1 fully saturated rings. The molecule has 0 bridgehead atoms. The van der Waals surface area contributed by atoms with E-state index in [1.54, 1.807) is 6.07 Å². The fourth-order valence-electron chi connectivity index (χ4n) is 2.24. The summed E-state index contributed by atoms with van der Waals surface area (Å²) in [7, 11) is 0. The second-order valence-corrected chi connectivity index (χ2v) is 4.42. The van der Waals surface area contributed by atoms with Gasteiger partial charge in [0.15, 0.2) is 5.82 Å². The van der Waals surface area contributed by atoms with Crippen LogP contribution in [0.3, 0.4) is 0 Å². The smallest absolute Gasteiger partial charge is 0.211 e. The summed E-state index contributed by atoms with van der Waals surface area (Å²) in [4.78, 5) is 13.5. The first-order valence-corrected chi connectivity index (χ1v) is 5.67. The summed E-state index contributed by atoms with van der Waals surface area (Å²) in [6.07, 6.45) is 5.83. The Morgan fingerprint density at radius 3 is 2.69 bits per heavy atom. The Morgan fingerprint density at radius 2 is 2.06 bits per heavy atom. The minimum Gasteiger partial charge on any atom is -0.211 e. The van der Waals surface area contributed by atoms with Crippen LogP contribution in [0.5, 0.6) is 0 Å². The van der Waals surface area contributed by atoms with E-state index in [-0.39, 0.29) is 5.69 Å². The molecule has 0 atom stereocenters. The fourth-order valence-corrected chi connectivity index (χ4v) is 2.54. The Balaban J connectivity index is 2.43. The van der Waals surface area contributed by atoms with Gasteiger partial charge in [0.05, 0.1) is 0 Å². The van der Waals surface area contributed by atoms with Gasteiger partial charge in [-0.05, 0) is 36.5 Å². The predicted molar refractivity (Wildman–Crippen MR) is 60.4 cm³/mol. The molecule has 0 radical (unpaired) electrons. The Kier molecular flexibility index (Phi) is 3.37. The van der Waals surface area contributed by atoms with Gasteiger partial charge >= 0.3 is 0 Å². The fraction of sp³-hybridized carbons (Fsp3) is 0.417. The number of halogens is 2. The number of benzene rings is 1. The molecule has 0 N–H and O–H groups in total. The average Bonchev–Trinajstić information content (AvgIpc) is 2.75. The van der Waals surface area contributed by atoms with Crippen molar-refractivity contribution in [1.29, 1.82) is 0 Å². The zero-order valence-electron chi connectivity index (χ0n) is 8.67. The van der Waals surface area contributed by atoms with Crippen LogP contribution in [0.2, 0.25) is 5.02 Å². The molecule has 0 spiro atoms. The predicted octanol–water partition coefficient (Wildman–Crippen LogP) is 4.10. The minimum atomic E-state index is -0.574. The van der Waals surface area contributed by atoms with E-state index in [1.807, 2.05) is 0 Å². The highest BCUT2D eigenvalue weighted by atomic mass is 35.5. The number of hydrogen-bond donors (Lipinski definition) is 0. The van der Waals surface area contributed by atoms with Gasteiger partial charge in [-0.1, -0.05) is 24.4 Å². The molecule has 4 heteroatoms. The van der Waals surface area contributed by atoms with Crippen molar-refractivity contribution in [2.24, 2.45) is 4.99 Å². The quantitative estimate of drug-likeness (QED) is 0.564. The van der Waals surface area contributed by atoms with Gasteiger partial charge in [-0.2, -0.15) is 4.99 Å². The third kappa shape index (κ3) is 2.16. The van der Waals surface area contributed by atoms with E-state index in [2.05, 4.69) is 4.99 Å². The van der Waals surface area contributed by atoms with E-state index in [0.717, 1.165) is 18.4 Å². The highest BCUT2D eigenvalue weighted by Crippen LogP contribution is 2.39. The molecule has 84 valence electrons. The first-order chi connectivity index (χ1) is 7.72. The van der Waals surface area contributed by atoms with Crippen LogP contribution in [-0.2, 0) is 4.79 Å². The summed E-state index contributed by atoms with van der Waals surface area (Å²) in [6.45, 7) is 0. The lowest BCUT2D eigenvalue weighted by Crippen LogP contribution is -1.94. The Morgan fingerprint density at radius 1 is 1.38 bits per heavy atom. The van der Waals surface area contributed by atoms with Gasteiger partial charge in [-0.15, -0.1) is 0 Å². The van der Waals surface area contributed by atoms with Crippen molar-refractivity contribution in [3.05, 3.63) is 28.5 Å². The van der Waals surface area contributed by atoms with Crippen LogP contribution in [0.4, 0.5) is 10.1 Å². The van der Waals surface area contributed by atoms with Crippen LogP contribution in [0.25, 0.3) is 0 Å². The summed E-state index contributed by atoms with van der Waals surface area (Å²) in [6, 6.07) is 2.80. The van der Waals surface area contributed by atoms with E-state index >= 15 is 0 Å². The lowest BCUT2D eigenvalue weighted by molar-refractivity contribution is 0.564. The first kappa shape index (κ1) is 11.3. The molecule has 0 unspecified atom stereocenters. The number of isocyanates is 1. The molecule has 1 aromatic carbocycles. The molecule has 16 heavy (non-hydrogen) atoms.